The second-order valence-electron chi connectivity index (χ2n) is 3.67. The molecule has 1 aliphatic rings. The maximum absolute atomic E-state index is 12.0. The predicted molar refractivity (Wildman–Crippen MR) is 43.5 cm³/mol. The molecule has 0 heterocycles. The van der Waals surface area contributed by atoms with Gasteiger partial charge in [-0.15, -0.1) is 0 Å². The number of carbonyl (C=O) groups is 1. The summed E-state index contributed by atoms with van der Waals surface area (Å²) in [5, 5.41) is 0. The van der Waals surface area contributed by atoms with E-state index in [1.165, 1.54) is 0 Å². The molecular formula is C9H14F2O2. The Morgan fingerprint density at radius 3 is 2.77 bits per heavy atom. The van der Waals surface area contributed by atoms with Crippen molar-refractivity contribution in [3.63, 3.8) is 0 Å². The molecule has 1 fully saturated rings. The van der Waals surface area contributed by atoms with E-state index in [4.69, 9.17) is 4.74 Å². The van der Waals surface area contributed by atoms with E-state index in [0.717, 1.165) is 0 Å². The summed E-state index contributed by atoms with van der Waals surface area (Å²) in [7, 11) is 0. The van der Waals surface area contributed by atoms with E-state index >= 15 is 0 Å². The highest BCUT2D eigenvalue weighted by Crippen LogP contribution is 2.55. The van der Waals surface area contributed by atoms with E-state index in [-0.39, 0.29) is 18.3 Å². The van der Waals surface area contributed by atoms with Crippen molar-refractivity contribution < 1.29 is 18.3 Å². The number of carbonyl (C=O) groups excluding carboxylic acids is 1. The molecule has 0 aromatic rings. The van der Waals surface area contributed by atoms with Crippen LogP contribution < -0.4 is 0 Å². The molecule has 1 rings (SSSR count). The Balaban J connectivity index is 2.40. The van der Waals surface area contributed by atoms with Crippen LogP contribution in [0.2, 0.25) is 0 Å². The third kappa shape index (κ3) is 2.17. The number of rotatable bonds is 4. The number of alkyl halides is 2. The van der Waals surface area contributed by atoms with Gasteiger partial charge in [0.25, 0.3) is 0 Å². The maximum atomic E-state index is 12.0. The number of halogens is 2. The molecule has 0 spiro atoms. The summed E-state index contributed by atoms with van der Waals surface area (Å²) in [5.74, 6) is -0.521. The first kappa shape index (κ1) is 10.4. The number of ether oxygens (including phenoxy) is 1. The SMILES string of the molecule is CCOC(=O)[C@@]1(C)C[C@H]1CC(F)F. The molecule has 0 amide bonds. The molecule has 2 atom stereocenters. The quantitative estimate of drug-likeness (QED) is 0.638. The lowest BCUT2D eigenvalue weighted by Crippen LogP contribution is -2.18. The molecule has 0 bridgehead atoms. The molecule has 0 saturated heterocycles. The molecule has 4 heteroatoms. The highest BCUT2D eigenvalue weighted by Gasteiger charge is 2.57. The lowest BCUT2D eigenvalue weighted by molar-refractivity contribution is -0.149. The zero-order valence-corrected chi connectivity index (χ0v) is 7.85. The van der Waals surface area contributed by atoms with Gasteiger partial charge in [-0.1, -0.05) is 0 Å². The van der Waals surface area contributed by atoms with Gasteiger partial charge in [0.2, 0.25) is 6.43 Å². The monoisotopic (exact) mass is 192 g/mol. The fraction of sp³-hybridized carbons (Fsp3) is 0.889. The first-order valence-corrected chi connectivity index (χ1v) is 4.46. The summed E-state index contributed by atoms with van der Waals surface area (Å²) in [5.41, 5.74) is -0.632. The number of hydrogen-bond acceptors (Lipinski definition) is 2. The summed E-state index contributed by atoms with van der Waals surface area (Å²) in [6, 6.07) is 0. The van der Waals surface area contributed by atoms with Gasteiger partial charge in [-0.2, -0.15) is 0 Å². The van der Waals surface area contributed by atoms with Crippen molar-refractivity contribution in [2.75, 3.05) is 6.61 Å². The molecule has 2 nitrogen and oxygen atoms in total. The number of esters is 1. The van der Waals surface area contributed by atoms with Crippen LogP contribution in [0.3, 0.4) is 0 Å². The van der Waals surface area contributed by atoms with Crippen LogP contribution in [-0.2, 0) is 9.53 Å². The standard InChI is InChI=1S/C9H14F2O2/c1-3-13-8(12)9(2)5-6(9)4-7(10)11/h6-7H,3-5H2,1-2H3/t6-,9+/m1/s1. The zero-order valence-electron chi connectivity index (χ0n) is 7.85. The van der Waals surface area contributed by atoms with Crippen LogP contribution >= 0.6 is 0 Å². The Morgan fingerprint density at radius 1 is 1.69 bits per heavy atom. The number of hydrogen-bond donors (Lipinski definition) is 0. The maximum Gasteiger partial charge on any atom is 0.312 e. The van der Waals surface area contributed by atoms with Crippen molar-refractivity contribution in [1.29, 1.82) is 0 Å². The summed E-state index contributed by atoms with van der Waals surface area (Å²) in [4.78, 5) is 11.3. The van der Waals surface area contributed by atoms with Crippen molar-refractivity contribution >= 4 is 5.97 Å². The molecule has 76 valence electrons. The molecule has 0 aliphatic heterocycles. The van der Waals surface area contributed by atoms with Crippen LogP contribution in [0, 0.1) is 11.3 Å². The van der Waals surface area contributed by atoms with Crippen molar-refractivity contribution in [1.82, 2.24) is 0 Å². The van der Waals surface area contributed by atoms with Gasteiger partial charge in [0.15, 0.2) is 0 Å². The van der Waals surface area contributed by atoms with Gasteiger partial charge < -0.3 is 4.74 Å². The molecule has 0 aromatic heterocycles. The van der Waals surface area contributed by atoms with Gasteiger partial charge in [-0.05, 0) is 26.2 Å². The van der Waals surface area contributed by atoms with Gasteiger partial charge in [0.05, 0.1) is 12.0 Å². The third-order valence-corrected chi connectivity index (χ3v) is 2.62. The normalized spacial score (nSPS) is 31.9. The summed E-state index contributed by atoms with van der Waals surface area (Å²) < 4.78 is 28.7. The van der Waals surface area contributed by atoms with E-state index in [0.29, 0.717) is 13.0 Å². The molecule has 1 aliphatic carbocycles. The smallest absolute Gasteiger partial charge is 0.312 e. The average Bonchev–Trinajstić information content (AvgIpc) is 2.62. The summed E-state index contributed by atoms with van der Waals surface area (Å²) in [6.07, 6.45) is -1.97. The minimum absolute atomic E-state index is 0.185. The predicted octanol–water partition coefficient (Wildman–Crippen LogP) is 2.23. The van der Waals surface area contributed by atoms with Crippen LogP contribution in [0.4, 0.5) is 8.78 Å². The second kappa shape index (κ2) is 3.60. The molecule has 0 unspecified atom stereocenters. The minimum atomic E-state index is -2.32. The lowest BCUT2D eigenvalue weighted by Gasteiger charge is -2.09. The average molecular weight is 192 g/mol. The van der Waals surface area contributed by atoms with Crippen molar-refractivity contribution in [2.45, 2.75) is 33.1 Å². The zero-order chi connectivity index (χ0) is 10.1. The Bertz CT molecular complexity index is 206. The van der Waals surface area contributed by atoms with E-state index in [2.05, 4.69) is 0 Å². The molecular weight excluding hydrogens is 178 g/mol. The van der Waals surface area contributed by atoms with Crippen molar-refractivity contribution in [3.8, 4) is 0 Å². The fourth-order valence-electron chi connectivity index (χ4n) is 1.56. The minimum Gasteiger partial charge on any atom is -0.466 e. The Hall–Kier alpha value is -0.670. The highest BCUT2D eigenvalue weighted by molar-refractivity contribution is 5.80. The molecule has 0 radical (unpaired) electrons. The van der Waals surface area contributed by atoms with E-state index < -0.39 is 11.8 Å². The van der Waals surface area contributed by atoms with Crippen LogP contribution in [0.25, 0.3) is 0 Å². The fourth-order valence-corrected chi connectivity index (χ4v) is 1.56. The Labute approximate surface area is 76.3 Å². The van der Waals surface area contributed by atoms with E-state index in [1.54, 1.807) is 13.8 Å². The van der Waals surface area contributed by atoms with Gasteiger partial charge in [0.1, 0.15) is 0 Å². The van der Waals surface area contributed by atoms with Crippen molar-refractivity contribution in [3.05, 3.63) is 0 Å². The lowest BCUT2D eigenvalue weighted by atomic mass is 10.1. The molecule has 13 heavy (non-hydrogen) atoms. The summed E-state index contributed by atoms with van der Waals surface area (Å²) >= 11 is 0. The van der Waals surface area contributed by atoms with Crippen LogP contribution in [-0.4, -0.2) is 19.0 Å². The summed E-state index contributed by atoms with van der Waals surface area (Å²) in [6.45, 7) is 3.72. The van der Waals surface area contributed by atoms with Crippen molar-refractivity contribution in [2.24, 2.45) is 11.3 Å². The van der Waals surface area contributed by atoms with E-state index in [9.17, 15) is 13.6 Å². The first-order valence-electron chi connectivity index (χ1n) is 4.46. The largest absolute Gasteiger partial charge is 0.466 e. The van der Waals surface area contributed by atoms with Gasteiger partial charge in [-0.3, -0.25) is 4.79 Å². The van der Waals surface area contributed by atoms with Gasteiger partial charge in [-0.25, -0.2) is 8.78 Å². The van der Waals surface area contributed by atoms with Gasteiger partial charge in [0, 0.05) is 6.42 Å². The van der Waals surface area contributed by atoms with Crippen LogP contribution in [0.15, 0.2) is 0 Å². The molecule has 0 N–H and O–H groups in total. The van der Waals surface area contributed by atoms with Crippen LogP contribution in [0.5, 0.6) is 0 Å². The Kier molecular flexibility index (Phi) is 2.88. The second-order valence-corrected chi connectivity index (χ2v) is 3.67. The molecule has 1 saturated carbocycles. The highest BCUT2D eigenvalue weighted by atomic mass is 19.3. The first-order chi connectivity index (χ1) is 6.00. The third-order valence-electron chi connectivity index (χ3n) is 2.62. The van der Waals surface area contributed by atoms with Gasteiger partial charge >= 0.3 is 5.97 Å². The topological polar surface area (TPSA) is 26.3 Å². The van der Waals surface area contributed by atoms with Crippen LogP contribution in [0.1, 0.15) is 26.7 Å². The Morgan fingerprint density at radius 2 is 2.31 bits per heavy atom. The molecule has 0 aromatic carbocycles. The van der Waals surface area contributed by atoms with E-state index in [1.807, 2.05) is 0 Å².